The average Bonchev–Trinajstić information content (AvgIpc) is 2.89. The Morgan fingerprint density at radius 1 is 1.00 bits per heavy atom. The van der Waals surface area contributed by atoms with Crippen LogP contribution in [-0.2, 0) is 16.3 Å². The molecule has 0 aliphatic carbocycles. The summed E-state index contributed by atoms with van der Waals surface area (Å²) >= 11 is 0. The minimum Gasteiger partial charge on any atom is -0.741 e. The van der Waals surface area contributed by atoms with Crippen molar-refractivity contribution in [2.45, 2.75) is 24.5 Å². The highest BCUT2D eigenvalue weighted by Crippen LogP contribution is 2.31. The summed E-state index contributed by atoms with van der Waals surface area (Å²) in [6.45, 7) is 1.71. The highest BCUT2D eigenvalue weighted by molar-refractivity contribution is 7.86. The third kappa shape index (κ3) is 6.11. The molecule has 1 saturated heterocycles. The van der Waals surface area contributed by atoms with Gasteiger partial charge in [-0.2, -0.15) is 26.3 Å². The maximum absolute atomic E-state index is 12.7. The fourth-order valence-corrected chi connectivity index (χ4v) is 1.94. The van der Waals surface area contributed by atoms with E-state index in [0.717, 1.165) is 32.0 Å². The van der Waals surface area contributed by atoms with E-state index in [9.17, 15) is 26.3 Å². The van der Waals surface area contributed by atoms with Gasteiger partial charge in [-0.25, -0.2) is 13.0 Å². The van der Waals surface area contributed by atoms with Crippen LogP contribution in [0, 0.1) is 0 Å². The van der Waals surface area contributed by atoms with E-state index in [1.807, 2.05) is 4.58 Å². The van der Waals surface area contributed by atoms with Crippen LogP contribution >= 0.6 is 0 Å². The summed E-state index contributed by atoms with van der Waals surface area (Å²) < 4.78 is 98.9. The Hall–Kier alpha value is -1.62. The van der Waals surface area contributed by atoms with Crippen LogP contribution in [0.5, 0.6) is 0 Å². The SMILES string of the molecule is FC(F)(F)c1ccccc1C=[N+]1CCCC1.O=S(=O)([O-])C(F)(F)F. The molecule has 4 nitrogen and oxygen atoms in total. The van der Waals surface area contributed by atoms with Crippen molar-refractivity contribution in [3.63, 3.8) is 0 Å². The van der Waals surface area contributed by atoms with Gasteiger partial charge in [0.1, 0.15) is 13.1 Å². The van der Waals surface area contributed by atoms with Crippen molar-refractivity contribution in [2.75, 3.05) is 13.1 Å². The molecule has 136 valence electrons. The first kappa shape index (κ1) is 20.4. The quantitative estimate of drug-likeness (QED) is 0.327. The van der Waals surface area contributed by atoms with Crippen LogP contribution in [0.3, 0.4) is 0 Å². The summed E-state index contributed by atoms with van der Waals surface area (Å²) in [5, 5.41) is 0. The number of nitrogens with zero attached hydrogens (tertiary/aromatic N) is 1. The molecule has 0 aromatic heterocycles. The van der Waals surface area contributed by atoms with Gasteiger partial charge in [0.2, 0.25) is 0 Å². The summed E-state index contributed by atoms with van der Waals surface area (Å²) in [6.07, 6.45) is -0.530. The van der Waals surface area contributed by atoms with Crippen molar-refractivity contribution < 1.29 is 43.9 Å². The number of benzene rings is 1. The normalized spacial score (nSPS) is 15.7. The van der Waals surface area contributed by atoms with Gasteiger partial charge < -0.3 is 4.55 Å². The molecule has 0 radical (unpaired) electrons. The molecule has 0 atom stereocenters. The van der Waals surface area contributed by atoms with Crippen LogP contribution in [0.25, 0.3) is 0 Å². The van der Waals surface area contributed by atoms with Crippen LogP contribution in [-0.4, -0.2) is 42.4 Å². The summed E-state index contributed by atoms with van der Waals surface area (Å²) in [6, 6.07) is 5.70. The largest absolute Gasteiger partial charge is 0.741 e. The van der Waals surface area contributed by atoms with Gasteiger partial charge in [0.15, 0.2) is 16.3 Å². The molecule has 2 rings (SSSR count). The van der Waals surface area contributed by atoms with Gasteiger partial charge in [0, 0.05) is 18.4 Å². The standard InChI is InChI=1S/C12H13F3N.CHF3O3S/c13-12(14,15)11-6-2-1-5-10(11)9-16-7-3-4-8-16;2-1(3,4)8(5,6)7/h1-2,5-6,9H,3-4,7-8H2;(H,5,6,7)/q+1;/p-1. The van der Waals surface area contributed by atoms with Gasteiger partial charge in [0.25, 0.3) is 0 Å². The molecular weight excluding hydrogens is 364 g/mol. The first-order valence-electron chi connectivity index (χ1n) is 6.59. The van der Waals surface area contributed by atoms with E-state index in [0.29, 0.717) is 0 Å². The van der Waals surface area contributed by atoms with Crippen molar-refractivity contribution in [3.8, 4) is 0 Å². The van der Waals surface area contributed by atoms with Crippen molar-refractivity contribution in [3.05, 3.63) is 35.4 Å². The Morgan fingerprint density at radius 3 is 1.88 bits per heavy atom. The first-order chi connectivity index (χ1) is 10.8. The van der Waals surface area contributed by atoms with E-state index < -0.39 is 27.4 Å². The summed E-state index contributed by atoms with van der Waals surface area (Å²) in [4.78, 5) is 0. The fourth-order valence-electron chi connectivity index (χ4n) is 1.94. The molecule has 1 aliphatic rings. The van der Waals surface area contributed by atoms with E-state index in [1.54, 1.807) is 12.3 Å². The lowest BCUT2D eigenvalue weighted by Crippen LogP contribution is -2.21. The third-order valence-electron chi connectivity index (χ3n) is 3.01. The molecule has 0 amide bonds. The Morgan fingerprint density at radius 2 is 1.46 bits per heavy atom. The topological polar surface area (TPSA) is 60.2 Å². The van der Waals surface area contributed by atoms with Gasteiger partial charge in [-0.3, -0.25) is 0 Å². The van der Waals surface area contributed by atoms with Crippen LogP contribution in [0.1, 0.15) is 24.0 Å². The predicted octanol–water partition coefficient (Wildman–Crippen LogP) is 2.98. The average molecular weight is 377 g/mol. The van der Waals surface area contributed by atoms with Gasteiger partial charge in [-0.05, 0) is 12.1 Å². The van der Waals surface area contributed by atoms with Gasteiger partial charge >= 0.3 is 11.7 Å². The van der Waals surface area contributed by atoms with E-state index in [-0.39, 0.29) is 5.56 Å². The second-order valence-corrected chi connectivity index (χ2v) is 6.23. The Bertz CT molecular complexity index is 686. The van der Waals surface area contributed by atoms with Gasteiger partial charge in [0.05, 0.1) is 5.56 Å². The molecule has 0 saturated carbocycles. The highest BCUT2D eigenvalue weighted by Gasteiger charge is 2.37. The minimum atomic E-state index is -6.09. The Balaban J connectivity index is 0.000000307. The molecule has 1 aromatic carbocycles. The maximum Gasteiger partial charge on any atom is 0.485 e. The zero-order valence-corrected chi connectivity index (χ0v) is 12.9. The van der Waals surface area contributed by atoms with E-state index in [2.05, 4.69) is 0 Å². The zero-order chi connectivity index (χ0) is 18.6. The zero-order valence-electron chi connectivity index (χ0n) is 12.1. The van der Waals surface area contributed by atoms with Crippen LogP contribution in [0.2, 0.25) is 0 Å². The number of rotatable bonds is 1. The maximum atomic E-state index is 12.7. The second kappa shape index (κ2) is 7.51. The number of alkyl halides is 6. The van der Waals surface area contributed by atoms with Crippen molar-refractivity contribution >= 4 is 16.3 Å². The molecule has 0 bridgehead atoms. The van der Waals surface area contributed by atoms with Crippen LogP contribution in [0.4, 0.5) is 26.3 Å². The summed E-state index contributed by atoms with van der Waals surface area (Å²) in [5.74, 6) is 0. The second-order valence-electron chi connectivity index (χ2n) is 4.86. The highest BCUT2D eigenvalue weighted by atomic mass is 32.2. The van der Waals surface area contributed by atoms with Gasteiger partial charge in [-0.1, -0.05) is 12.1 Å². The van der Waals surface area contributed by atoms with Crippen molar-refractivity contribution in [1.29, 1.82) is 0 Å². The van der Waals surface area contributed by atoms with E-state index >= 15 is 0 Å². The molecule has 0 unspecified atom stereocenters. The molecule has 11 heteroatoms. The minimum absolute atomic E-state index is 0.261. The predicted molar refractivity (Wildman–Crippen MR) is 71.6 cm³/mol. The van der Waals surface area contributed by atoms with Crippen LogP contribution < -0.4 is 0 Å². The molecule has 1 aliphatic heterocycles. The molecule has 1 aromatic rings. The lowest BCUT2D eigenvalue weighted by molar-refractivity contribution is -0.500. The Kier molecular flexibility index (Phi) is 6.39. The fraction of sp³-hybridized carbons (Fsp3) is 0.462. The first-order valence-corrected chi connectivity index (χ1v) is 8.00. The monoisotopic (exact) mass is 377 g/mol. The molecule has 24 heavy (non-hydrogen) atoms. The third-order valence-corrected chi connectivity index (χ3v) is 3.58. The smallest absolute Gasteiger partial charge is 0.485 e. The van der Waals surface area contributed by atoms with E-state index in [1.165, 1.54) is 12.1 Å². The number of halogens is 6. The lowest BCUT2D eigenvalue weighted by Gasteiger charge is -2.08. The lowest BCUT2D eigenvalue weighted by atomic mass is 10.1. The molecule has 0 spiro atoms. The van der Waals surface area contributed by atoms with Crippen molar-refractivity contribution in [2.24, 2.45) is 0 Å². The number of hydrogen-bond acceptors (Lipinski definition) is 3. The molecule has 0 N–H and O–H groups in total. The van der Waals surface area contributed by atoms with Crippen LogP contribution in [0.15, 0.2) is 24.3 Å². The van der Waals surface area contributed by atoms with Crippen molar-refractivity contribution in [1.82, 2.24) is 0 Å². The molecular formula is C13H13F6NO3S. The van der Waals surface area contributed by atoms with E-state index in [4.69, 9.17) is 13.0 Å². The molecule has 1 fully saturated rings. The Labute approximate surface area is 134 Å². The van der Waals surface area contributed by atoms with Gasteiger partial charge in [-0.15, -0.1) is 0 Å². The summed E-state index contributed by atoms with van der Waals surface area (Å²) in [7, 11) is -6.09. The molecule has 1 heterocycles. The number of hydrogen-bond donors (Lipinski definition) is 0. The summed E-state index contributed by atoms with van der Waals surface area (Å²) in [5.41, 5.74) is -5.94.